The lowest BCUT2D eigenvalue weighted by molar-refractivity contribution is -0.126. The van der Waals surface area contributed by atoms with Crippen LogP contribution in [0.1, 0.15) is 30.1 Å². The van der Waals surface area contributed by atoms with E-state index in [1.807, 2.05) is 41.3 Å². The number of para-hydroxylation sites is 1. The number of carbonyl (C=O) groups excluding carboxylic acids is 1. The summed E-state index contributed by atoms with van der Waals surface area (Å²) in [4.78, 5) is 18.8. The zero-order valence-electron chi connectivity index (χ0n) is 13.9. The molecule has 128 valence electrons. The predicted octanol–water partition coefficient (Wildman–Crippen LogP) is 3.23. The van der Waals surface area contributed by atoms with Crippen molar-refractivity contribution in [3.63, 3.8) is 0 Å². The van der Waals surface area contributed by atoms with Crippen molar-refractivity contribution in [3.8, 4) is 11.5 Å². The number of likely N-dealkylation sites (tertiary alicyclic amines) is 1. The van der Waals surface area contributed by atoms with Gasteiger partial charge in [-0.05, 0) is 37.1 Å². The van der Waals surface area contributed by atoms with Crippen molar-refractivity contribution in [1.82, 2.24) is 9.88 Å². The predicted molar refractivity (Wildman–Crippen MR) is 94.4 cm³/mol. The minimum atomic E-state index is 0.00230. The molecule has 1 unspecified atom stereocenters. The molecule has 1 amide bonds. The smallest absolute Gasteiger partial charge is 0.247 e. The number of hydrogen-bond acceptors (Lipinski definition) is 4. The van der Waals surface area contributed by atoms with Crippen molar-refractivity contribution in [3.05, 3.63) is 59.9 Å². The van der Waals surface area contributed by atoms with Crippen LogP contribution >= 0.6 is 0 Å². The largest absolute Gasteiger partial charge is 0.486 e. The van der Waals surface area contributed by atoms with Gasteiger partial charge in [0.05, 0.1) is 11.7 Å². The SMILES string of the molecule is O=C(C=Cc1ccccn1)N1CCCC1c1cccc2c1OCCO2. The average Bonchev–Trinajstić information content (AvgIpc) is 3.16. The third-order valence-corrected chi connectivity index (χ3v) is 4.58. The fourth-order valence-corrected chi connectivity index (χ4v) is 3.44. The minimum Gasteiger partial charge on any atom is -0.486 e. The molecule has 2 aromatic rings. The fourth-order valence-electron chi connectivity index (χ4n) is 3.44. The van der Waals surface area contributed by atoms with E-state index in [1.54, 1.807) is 18.3 Å². The van der Waals surface area contributed by atoms with E-state index in [4.69, 9.17) is 9.47 Å². The summed E-state index contributed by atoms with van der Waals surface area (Å²) in [5.74, 6) is 1.56. The van der Waals surface area contributed by atoms with Gasteiger partial charge in [0.1, 0.15) is 13.2 Å². The van der Waals surface area contributed by atoms with E-state index in [2.05, 4.69) is 4.98 Å². The molecule has 1 aromatic heterocycles. The Morgan fingerprint density at radius 3 is 2.96 bits per heavy atom. The van der Waals surface area contributed by atoms with E-state index in [0.717, 1.165) is 42.1 Å². The highest BCUT2D eigenvalue weighted by atomic mass is 16.6. The maximum absolute atomic E-state index is 12.7. The summed E-state index contributed by atoms with van der Waals surface area (Å²) in [5, 5.41) is 0. The number of benzene rings is 1. The number of hydrogen-bond donors (Lipinski definition) is 0. The first-order chi connectivity index (χ1) is 12.3. The normalized spacial score (nSPS) is 19.4. The van der Waals surface area contributed by atoms with Crippen LogP contribution in [-0.4, -0.2) is 35.5 Å². The number of rotatable bonds is 3. The van der Waals surface area contributed by atoms with Crippen LogP contribution in [0.4, 0.5) is 0 Å². The summed E-state index contributed by atoms with van der Waals surface area (Å²) in [6.45, 7) is 1.86. The Morgan fingerprint density at radius 2 is 2.08 bits per heavy atom. The van der Waals surface area contributed by atoms with Gasteiger partial charge in [-0.1, -0.05) is 18.2 Å². The number of aromatic nitrogens is 1. The van der Waals surface area contributed by atoms with Crippen LogP contribution < -0.4 is 9.47 Å². The van der Waals surface area contributed by atoms with Crippen molar-refractivity contribution < 1.29 is 14.3 Å². The van der Waals surface area contributed by atoms with E-state index in [9.17, 15) is 4.79 Å². The number of amides is 1. The first kappa shape index (κ1) is 15.7. The molecule has 0 spiro atoms. The number of pyridine rings is 1. The molecular weight excluding hydrogens is 316 g/mol. The molecule has 0 bridgehead atoms. The molecule has 0 radical (unpaired) electrons. The van der Waals surface area contributed by atoms with Gasteiger partial charge in [0.25, 0.3) is 0 Å². The Balaban J connectivity index is 1.57. The van der Waals surface area contributed by atoms with Gasteiger partial charge in [0, 0.05) is 24.4 Å². The average molecular weight is 336 g/mol. The van der Waals surface area contributed by atoms with Gasteiger partial charge in [-0.15, -0.1) is 0 Å². The second-order valence-corrected chi connectivity index (χ2v) is 6.15. The fraction of sp³-hybridized carbons (Fsp3) is 0.300. The van der Waals surface area contributed by atoms with Crippen molar-refractivity contribution in [2.75, 3.05) is 19.8 Å². The highest BCUT2D eigenvalue weighted by molar-refractivity contribution is 5.92. The number of fused-ring (bicyclic) bond motifs is 1. The molecule has 0 aliphatic carbocycles. The summed E-state index contributed by atoms with van der Waals surface area (Å²) >= 11 is 0. The first-order valence-electron chi connectivity index (χ1n) is 8.61. The second-order valence-electron chi connectivity index (χ2n) is 6.15. The Labute approximate surface area is 146 Å². The topological polar surface area (TPSA) is 51.7 Å². The standard InChI is InChI=1S/C20H20N2O3/c23-19(10-9-15-5-1-2-11-21-15)22-12-4-7-17(22)16-6-3-8-18-20(16)25-14-13-24-18/h1-3,5-6,8-11,17H,4,7,12-14H2. The van der Waals surface area contributed by atoms with E-state index in [1.165, 1.54) is 0 Å². The van der Waals surface area contributed by atoms with Crippen LogP contribution in [0.5, 0.6) is 11.5 Å². The molecule has 4 rings (SSSR count). The summed E-state index contributed by atoms with van der Waals surface area (Å²) in [5.41, 5.74) is 1.81. The molecule has 1 atom stereocenters. The highest BCUT2D eigenvalue weighted by Crippen LogP contribution is 2.42. The van der Waals surface area contributed by atoms with Gasteiger partial charge in [0.15, 0.2) is 11.5 Å². The monoisotopic (exact) mass is 336 g/mol. The molecule has 5 nitrogen and oxygen atoms in total. The molecule has 2 aliphatic rings. The van der Waals surface area contributed by atoms with Crippen LogP contribution in [0, 0.1) is 0 Å². The molecule has 1 saturated heterocycles. The second kappa shape index (κ2) is 6.97. The van der Waals surface area contributed by atoms with E-state index >= 15 is 0 Å². The first-order valence-corrected chi connectivity index (χ1v) is 8.61. The number of nitrogens with zero attached hydrogens (tertiary/aromatic N) is 2. The Bertz CT molecular complexity index is 789. The van der Waals surface area contributed by atoms with E-state index in [-0.39, 0.29) is 11.9 Å². The molecule has 25 heavy (non-hydrogen) atoms. The zero-order chi connectivity index (χ0) is 17.1. The molecule has 1 fully saturated rings. The summed E-state index contributed by atoms with van der Waals surface area (Å²) in [6, 6.07) is 11.6. The lowest BCUT2D eigenvalue weighted by atomic mass is 10.0. The summed E-state index contributed by atoms with van der Waals surface area (Å²) < 4.78 is 11.5. The van der Waals surface area contributed by atoms with Crippen molar-refractivity contribution in [2.24, 2.45) is 0 Å². The van der Waals surface area contributed by atoms with Crippen LogP contribution in [-0.2, 0) is 4.79 Å². The number of ether oxygens (including phenoxy) is 2. The van der Waals surface area contributed by atoms with Crippen molar-refractivity contribution >= 4 is 12.0 Å². The Hall–Kier alpha value is -2.82. The quantitative estimate of drug-likeness (QED) is 0.808. The van der Waals surface area contributed by atoms with Gasteiger partial charge >= 0.3 is 0 Å². The maximum atomic E-state index is 12.7. The molecule has 2 aliphatic heterocycles. The van der Waals surface area contributed by atoms with Gasteiger partial charge in [-0.2, -0.15) is 0 Å². The van der Waals surface area contributed by atoms with Crippen LogP contribution in [0.15, 0.2) is 48.7 Å². The Kier molecular flexibility index (Phi) is 4.37. The Morgan fingerprint density at radius 1 is 1.16 bits per heavy atom. The van der Waals surface area contributed by atoms with Gasteiger partial charge < -0.3 is 14.4 Å². The zero-order valence-corrected chi connectivity index (χ0v) is 13.9. The van der Waals surface area contributed by atoms with Crippen molar-refractivity contribution in [2.45, 2.75) is 18.9 Å². The summed E-state index contributed by atoms with van der Waals surface area (Å²) in [6.07, 6.45) is 7.00. The maximum Gasteiger partial charge on any atom is 0.247 e. The molecule has 3 heterocycles. The minimum absolute atomic E-state index is 0.00230. The van der Waals surface area contributed by atoms with E-state index < -0.39 is 0 Å². The van der Waals surface area contributed by atoms with E-state index in [0.29, 0.717) is 13.2 Å². The molecule has 5 heteroatoms. The lowest BCUT2D eigenvalue weighted by Crippen LogP contribution is -2.29. The summed E-state index contributed by atoms with van der Waals surface area (Å²) in [7, 11) is 0. The van der Waals surface area contributed by atoms with Gasteiger partial charge in [0.2, 0.25) is 5.91 Å². The van der Waals surface area contributed by atoms with Crippen LogP contribution in [0.2, 0.25) is 0 Å². The molecule has 1 aromatic carbocycles. The van der Waals surface area contributed by atoms with Crippen molar-refractivity contribution in [1.29, 1.82) is 0 Å². The number of carbonyl (C=O) groups is 1. The molecule has 0 saturated carbocycles. The third kappa shape index (κ3) is 3.22. The van der Waals surface area contributed by atoms with Crippen LogP contribution in [0.3, 0.4) is 0 Å². The van der Waals surface area contributed by atoms with Crippen LogP contribution in [0.25, 0.3) is 6.08 Å². The molecule has 0 N–H and O–H groups in total. The third-order valence-electron chi connectivity index (χ3n) is 4.58. The van der Waals surface area contributed by atoms with Gasteiger partial charge in [-0.25, -0.2) is 0 Å². The van der Waals surface area contributed by atoms with Gasteiger partial charge in [-0.3, -0.25) is 9.78 Å². The molecular formula is C20H20N2O3. The highest BCUT2D eigenvalue weighted by Gasteiger charge is 2.32. The lowest BCUT2D eigenvalue weighted by Gasteiger charge is -2.28.